The molecule has 0 amide bonds. The highest BCUT2D eigenvalue weighted by Gasteiger charge is 2.26. The Morgan fingerprint density at radius 1 is 0.839 bits per heavy atom. The van der Waals surface area contributed by atoms with Gasteiger partial charge in [-0.05, 0) is 47.6 Å². The minimum absolute atomic E-state index is 0.0242. The lowest BCUT2D eigenvalue weighted by atomic mass is 10.1. The van der Waals surface area contributed by atoms with Gasteiger partial charge in [0.05, 0.1) is 19.8 Å². The smallest absolute Gasteiger partial charge is 0.343 e. The Balaban J connectivity index is 2.06. The number of ether oxygens (including phenoxy) is 4. The first-order chi connectivity index (χ1) is 15.1. The second-order valence-corrected chi connectivity index (χ2v) is 8.44. The van der Waals surface area contributed by atoms with E-state index in [0.717, 1.165) is 30.0 Å². The van der Waals surface area contributed by atoms with Crippen LogP contribution in [0.5, 0.6) is 23.0 Å². The van der Waals surface area contributed by atoms with Crippen LogP contribution in [-0.4, -0.2) is 24.3 Å². The van der Waals surface area contributed by atoms with Crippen molar-refractivity contribution < 1.29 is 23.7 Å². The van der Waals surface area contributed by atoms with Gasteiger partial charge in [0.15, 0.2) is 11.5 Å². The summed E-state index contributed by atoms with van der Waals surface area (Å²) >= 11 is 2.31. The molecule has 3 rings (SSSR count). The van der Waals surface area contributed by atoms with Gasteiger partial charge in [0.2, 0.25) is 11.5 Å². The molecule has 0 saturated carbocycles. The molecule has 1 atom stereocenters. The molecule has 0 aliphatic rings. The zero-order valence-electron chi connectivity index (χ0n) is 18.0. The first-order valence-corrected chi connectivity index (χ1v) is 11.6. The lowest BCUT2D eigenvalue weighted by Gasteiger charge is -2.22. The van der Waals surface area contributed by atoms with Crippen LogP contribution < -0.4 is 18.9 Å². The summed E-state index contributed by atoms with van der Waals surface area (Å²) in [6, 6.07) is 16.5. The van der Waals surface area contributed by atoms with Gasteiger partial charge in [-0.25, -0.2) is 4.79 Å². The van der Waals surface area contributed by atoms with Crippen LogP contribution in [0.3, 0.4) is 0 Å². The van der Waals surface area contributed by atoms with Crippen LogP contribution in [0.25, 0.3) is 10.8 Å². The fourth-order valence-corrected chi connectivity index (χ4v) is 4.08. The highest BCUT2D eigenvalue weighted by molar-refractivity contribution is 14.1. The standard InChI is InChI=1S/C25H27IO5/c1-4-5-7-16-20(26)30-21-18-14-10-11-15-19(18)22(24(29-3)23(21)28-2)31-25(27)17-12-8-6-9-13-17/h6,8-15,20H,4-5,7,16H2,1-3H3. The maximum absolute atomic E-state index is 12.8. The summed E-state index contributed by atoms with van der Waals surface area (Å²) in [5, 5.41) is 1.52. The van der Waals surface area contributed by atoms with E-state index in [1.807, 2.05) is 30.3 Å². The number of benzene rings is 3. The van der Waals surface area contributed by atoms with Crippen molar-refractivity contribution in [1.82, 2.24) is 0 Å². The van der Waals surface area contributed by atoms with Gasteiger partial charge in [-0.1, -0.05) is 62.2 Å². The van der Waals surface area contributed by atoms with Crippen molar-refractivity contribution in [1.29, 1.82) is 0 Å². The van der Waals surface area contributed by atoms with Crippen LogP contribution in [0.2, 0.25) is 0 Å². The number of halogens is 1. The molecule has 0 radical (unpaired) electrons. The third-order valence-corrected chi connectivity index (χ3v) is 5.80. The number of rotatable bonds is 10. The molecule has 0 bridgehead atoms. The van der Waals surface area contributed by atoms with Gasteiger partial charge in [-0.3, -0.25) is 0 Å². The van der Waals surface area contributed by atoms with Gasteiger partial charge < -0.3 is 18.9 Å². The van der Waals surface area contributed by atoms with Crippen LogP contribution in [0, 0.1) is 0 Å². The zero-order chi connectivity index (χ0) is 22.2. The molecule has 1 unspecified atom stereocenters. The number of esters is 1. The number of hydrogen-bond acceptors (Lipinski definition) is 5. The third kappa shape index (κ3) is 5.42. The van der Waals surface area contributed by atoms with E-state index in [0.29, 0.717) is 28.6 Å². The predicted octanol–water partition coefficient (Wildman–Crippen LogP) is 6.80. The molecule has 0 aromatic heterocycles. The summed E-state index contributed by atoms with van der Waals surface area (Å²) in [4.78, 5) is 12.8. The van der Waals surface area contributed by atoms with Crippen molar-refractivity contribution in [2.24, 2.45) is 0 Å². The van der Waals surface area contributed by atoms with Gasteiger partial charge in [0.25, 0.3) is 0 Å². The second-order valence-electron chi connectivity index (χ2n) is 7.05. The van der Waals surface area contributed by atoms with Crippen LogP contribution in [-0.2, 0) is 0 Å². The molecule has 31 heavy (non-hydrogen) atoms. The summed E-state index contributed by atoms with van der Waals surface area (Å²) in [7, 11) is 3.08. The number of alkyl halides is 1. The maximum atomic E-state index is 12.8. The molecule has 0 aliphatic heterocycles. The molecule has 6 heteroatoms. The molecule has 164 valence electrons. The number of carbonyl (C=O) groups excluding carboxylic acids is 1. The molecule has 0 N–H and O–H groups in total. The number of unbranched alkanes of at least 4 members (excludes halogenated alkanes) is 2. The summed E-state index contributed by atoms with van der Waals surface area (Å²) in [5.41, 5.74) is 0.455. The Kier molecular flexibility index (Phi) is 8.40. The van der Waals surface area contributed by atoms with E-state index in [1.165, 1.54) is 13.5 Å². The van der Waals surface area contributed by atoms with E-state index in [9.17, 15) is 4.79 Å². The summed E-state index contributed by atoms with van der Waals surface area (Å²) in [6.07, 6.45) is 4.34. The van der Waals surface area contributed by atoms with E-state index < -0.39 is 5.97 Å². The molecule has 0 saturated heterocycles. The van der Waals surface area contributed by atoms with Gasteiger partial charge >= 0.3 is 5.97 Å². The maximum Gasteiger partial charge on any atom is 0.343 e. The number of methoxy groups -OCH3 is 2. The van der Waals surface area contributed by atoms with Crippen LogP contribution in [0.4, 0.5) is 0 Å². The van der Waals surface area contributed by atoms with E-state index in [2.05, 4.69) is 29.5 Å². The second kappa shape index (κ2) is 11.2. The molecule has 0 aliphatic carbocycles. The molecule has 0 spiro atoms. The van der Waals surface area contributed by atoms with Gasteiger partial charge in [-0.15, -0.1) is 0 Å². The average Bonchev–Trinajstić information content (AvgIpc) is 2.80. The van der Waals surface area contributed by atoms with E-state index in [4.69, 9.17) is 18.9 Å². The Hall–Kier alpha value is -2.48. The van der Waals surface area contributed by atoms with Crippen LogP contribution in [0.15, 0.2) is 54.6 Å². The van der Waals surface area contributed by atoms with Crippen LogP contribution in [0.1, 0.15) is 43.0 Å². The minimum Gasteiger partial charge on any atom is -0.490 e. The van der Waals surface area contributed by atoms with Crippen molar-refractivity contribution >= 4 is 39.3 Å². The molecular weight excluding hydrogens is 507 g/mol. The minimum atomic E-state index is -0.467. The first-order valence-electron chi connectivity index (χ1n) is 10.3. The van der Waals surface area contributed by atoms with Gasteiger partial charge in [-0.2, -0.15) is 0 Å². The fourth-order valence-electron chi connectivity index (χ4n) is 3.39. The number of fused-ring (bicyclic) bond motifs is 1. The summed E-state index contributed by atoms with van der Waals surface area (Å²) in [6.45, 7) is 2.18. The Morgan fingerprint density at radius 3 is 2.03 bits per heavy atom. The molecule has 3 aromatic carbocycles. The topological polar surface area (TPSA) is 54.0 Å². The Morgan fingerprint density at radius 2 is 1.42 bits per heavy atom. The Labute approximate surface area is 196 Å². The summed E-state index contributed by atoms with van der Waals surface area (Å²) < 4.78 is 23.5. The van der Waals surface area contributed by atoms with Crippen molar-refractivity contribution in [3.63, 3.8) is 0 Å². The van der Waals surface area contributed by atoms with E-state index >= 15 is 0 Å². The number of hydrogen-bond donors (Lipinski definition) is 0. The highest BCUT2D eigenvalue weighted by atomic mass is 127. The zero-order valence-corrected chi connectivity index (χ0v) is 20.2. The average molecular weight is 534 g/mol. The SMILES string of the molecule is CCCCCC(I)Oc1c(OC)c(OC)c(OC(=O)c2ccccc2)c2ccccc12. The van der Waals surface area contributed by atoms with E-state index in [1.54, 1.807) is 31.4 Å². The molecular formula is C25H27IO5. The fraction of sp³-hybridized carbons (Fsp3) is 0.320. The number of carbonyl (C=O) groups is 1. The Bertz CT molecular complexity index is 1020. The lowest BCUT2D eigenvalue weighted by molar-refractivity contribution is 0.0731. The van der Waals surface area contributed by atoms with Crippen molar-refractivity contribution in [2.75, 3.05) is 14.2 Å². The van der Waals surface area contributed by atoms with Crippen molar-refractivity contribution in [3.8, 4) is 23.0 Å². The van der Waals surface area contributed by atoms with Crippen molar-refractivity contribution in [2.45, 2.75) is 36.7 Å². The van der Waals surface area contributed by atoms with Crippen LogP contribution >= 0.6 is 22.6 Å². The van der Waals surface area contributed by atoms with Crippen molar-refractivity contribution in [3.05, 3.63) is 60.2 Å². The predicted molar refractivity (Wildman–Crippen MR) is 131 cm³/mol. The molecule has 3 aromatic rings. The normalized spacial score (nSPS) is 11.7. The molecule has 0 fully saturated rings. The first kappa shape index (κ1) is 23.2. The monoisotopic (exact) mass is 534 g/mol. The summed E-state index contributed by atoms with van der Waals surface area (Å²) in [5.74, 6) is 1.18. The van der Waals surface area contributed by atoms with E-state index in [-0.39, 0.29) is 4.11 Å². The van der Waals surface area contributed by atoms with Gasteiger partial charge in [0, 0.05) is 10.8 Å². The third-order valence-electron chi connectivity index (χ3n) is 4.93. The quantitative estimate of drug-likeness (QED) is 0.0942. The van der Waals surface area contributed by atoms with Gasteiger partial charge in [0.1, 0.15) is 4.11 Å². The lowest BCUT2D eigenvalue weighted by Crippen LogP contribution is -2.12. The molecule has 5 nitrogen and oxygen atoms in total. The highest BCUT2D eigenvalue weighted by Crippen LogP contribution is 2.51. The molecule has 0 heterocycles. The largest absolute Gasteiger partial charge is 0.490 e.